The lowest BCUT2D eigenvalue weighted by molar-refractivity contribution is 0.0926. The Balaban J connectivity index is 1.34. The van der Waals surface area contributed by atoms with Gasteiger partial charge in [-0.25, -0.2) is 0 Å². The van der Waals surface area contributed by atoms with E-state index < -0.39 is 0 Å². The highest BCUT2D eigenvalue weighted by molar-refractivity contribution is 5.99. The molecule has 0 aromatic carbocycles. The highest BCUT2D eigenvalue weighted by Gasteiger charge is 2.48. The molecule has 6 heteroatoms. The highest BCUT2D eigenvalue weighted by Crippen LogP contribution is 2.54. The van der Waals surface area contributed by atoms with Gasteiger partial charge in [-0.2, -0.15) is 5.10 Å². The van der Waals surface area contributed by atoms with Crippen LogP contribution in [0.2, 0.25) is 0 Å². The highest BCUT2D eigenvalue weighted by atomic mass is 16.1. The molecular formula is C20H29N5O. The van der Waals surface area contributed by atoms with Crippen molar-refractivity contribution in [1.29, 1.82) is 0 Å². The third-order valence-corrected chi connectivity index (χ3v) is 7.14. The van der Waals surface area contributed by atoms with Gasteiger partial charge in [0.2, 0.25) is 0 Å². The average molecular weight is 355 g/mol. The quantitative estimate of drug-likeness (QED) is 0.838. The lowest BCUT2D eigenvalue weighted by atomic mass is 9.89. The van der Waals surface area contributed by atoms with Crippen molar-refractivity contribution >= 4 is 11.7 Å². The number of likely N-dealkylation sites (N-methyl/N-ethyl adjacent to an activating group) is 1. The number of nitrogens with one attached hydrogen (secondary N) is 1. The monoisotopic (exact) mass is 355 g/mol. The number of anilines is 1. The maximum Gasteiger partial charge on any atom is 0.256 e. The molecule has 1 saturated heterocycles. The van der Waals surface area contributed by atoms with Gasteiger partial charge >= 0.3 is 0 Å². The van der Waals surface area contributed by atoms with Gasteiger partial charge in [0, 0.05) is 39.3 Å². The van der Waals surface area contributed by atoms with Crippen molar-refractivity contribution in [2.45, 2.75) is 31.7 Å². The van der Waals surface area contributed by atoms with E-state index in [1.165, 1.54) is 19.3 Å². The van der Waals surface area contributed by atoms with E-state index in [0.29, 0.717) is 12.0 Å². The van der Waals surface area contributed by atoms with Crippen LogP contribution in [0.4, 0.5) is 5.82 Å². The zero-order chi connectivity index (χ0) is 17.8. The number of piperazine rings is 1. The molecule has 5 rings (SSSR count). The number of fused-ring (bicyclic) bond motifs is 1. The zero-order valence-electron chi connectivity index (χ0n) is 15.8. The fourth-order valence-corrected chi connectivity index (χ4v) is 5.74. The van der Waals surface area contributed by atoms with Crippen molar-refractivity contribution in [2.24, 2.45) is 24.8 Å². The normalized spacial score (nSPS) is 33.5. The van der Waals surface area contributed by atoms with Crippen LogP contribution < -0.4 is 10.2 Å². The van der Waals surface area contributed by atoms with Crippen molar-refractivity contribution < 1.29 is 4.79 Å². The topological polar surface area (TPSA) is 53.4 Å². The molecule has 0 radical (unpaired) electrons. The lowest BCUT2D eigenvalue weighted by Gasteiger charge is -2.34. The molecule has 2 bridgehead atoms. The molecule has 4 atom stereocenters. The molecule has 26 heavy (non-hydrogen) atoms. The van der Waals surface area contributed by atoms with Gasteiger partial charge in [-0.3, -0.25) is 9.48 Å². The minimum absolute atomic E-state index is 0.0565. The zero-order valence-corrected chi connectivity index (χ0v) is 15.8. The molecule has 1 amide bonds. The molecule has 1 N–H and O–H groups in total. The molecule has 2 saturated carbocycles. The van der Waals surface area contributed by atoms with E-state index in [2.05, 4.69) is 33.3 Å². The fourth-order valence-electron chi connectivity index (χ4n) is 5.74. The number of allylic oxidation sites excluding steroid dienone is 1. The molecule has 4 aliphatic rings. The Labute approximate surface area is 155 Å². The van der Waals surface area contributed by atoms with Crippen molar-refractivity contribution in [1.82, 2.24) is 20.0 Å². The molecule has 3 fully saturated rings. The molecule has 4 unspecified atom stereocenters. The maximum absolute atomic E-state index is 13.1. The predicted molar refractivity (Wildman–Crippen MR) is 101 cm³/mol. The van der Waals surface area contributed by atoms with Crippen LogP contribution in [0.5, 0.6) is 0 Å². The summed E-state index contributed by atoms with van der Waals surface area (Å²) in [4.78, 5) is 17.7. The molecule has 6 nitrogen and oxygen atoms in total. The summed E-state index contributed by atoms with van der Waals surface area (Å²) in [6.07, 6.45) is 9.16. The summed E-state index contributed by atoms with van der Waals surface area (Å²) in [5.74, 6) is 3.28. The van der Waals surface area contributed by atoms with Crippen molar-refractivity contribution in [3.63, 3.8) is 0 Å². The van der Waals surface area contributed by atoms with Crippen LogP contribution in [-0.2, 0) is 7.05 Å². The summed E-state index contributed by atoms with van der Waals surface area (Å²) >= 11 is 0. The number of carbonyl (C=O) groups excluding carboxylic acids is 1. The Morgan fingerprint density at radius 1 is 1.19 bits per heavy atom. The van der Waals surface area contributed by atoms with E-state index >= 15 is 0 Å². The number of carbonyl (C=O) groups is 1. The van der Waals surface area contributed by atoms with Gasteiger partial charge < -0.3 is 15.1 Å². The van der Waals surface area contributed by atoms with Crippen molar-refractivity contribution in [2.75, 3.05) is 38.1 Å². The number of aryl methyl sites for hydroxylation is 1. The Kier molecular flexibility index (Phi) is 3.85. The first-order valence-corrected chi connectivity index (χ1v) is 10.1. The maximum atomic E-state index is 13.1. The van der Waals surface area contributed by atoms with Crippen LogP contribution in [0.1, 0.15) is 36.0 Å². The number of hydrogen-bond donors (Lipinski definition) is 1. The molecule has 3 aliphatic carbocycles. The summed E-state index contributed by atoms with van der Waals surface area (Å²) in [5.41, 5.74) is 2.34. The van der Waals surface area contributed by atoms with Gasteiger partial charge in [-0.15, -0.1) is 0 Å². The Morgan fingerprint density at radius 2 is 2.00 bits per heavy atom. The van der Waals surface area contributed by atoms with Crippen LogP contribution in [-0.4, -0.2) is 59.9 Å². The fraction of sp³-hybridized carbons (Fsp3) is 0.700. The van der Waals surface area contributed by atoms with E-state index in [-0.39, 0.29) is 5.91 Å². The van der Waals surface area contributed by atoms with E-state index in [0.717, 1.165) is 55.8 Å². The van der Waals surface area contributed by atoms with Gasteiger partial charge in [-0.05, 0) is 50.5 Å². The lowest BCUT2D eigenvalue weighted by Crippen LogP contribution is -2.46. The van der Waals surface area contributed by atoms with Crippen LogP contribution in [0.15, 0.2) is 17.8 Å². The summed E-state index contributed by atoms with van der Waals surface area (Å²) in [5, 5.41) is 7.78. The SMILES string of the molecule is CN1CCN(c2c(C(=O)NC3CC4=CCC5CC4C3C5)cnn2C)CC1. The van der Waals surface area contributed by atoms with Gasteiger partial charge in [0.1, 0.15) is 11.4 Å². The number of nitrogens with zero attached hydrogens (tertiary/aromatic N) is 4. The standard InChI is InChI=1S/C20H29N5O/c1-23-5-7-25(8-6-23)20-17(12-21-24(20)2)19(26)22-18-11-14-4-3-13-9-15(14)16(18)10-13/h4,12-13,15-16,18H,3,5-11H2,1-2H3,(H,22,26). The van der Waals surface area contributed by atoms with Gasteiger partial charge in [-0.1, -0.05) is 11.6 Å². The molecular weight excluding hydrogens is 326 g/mol. The number of amides is 1. The first kappa shape index (κ1) is 16.4. The molecule has 1 aromatic heterocycles. The van der Waals surface area contributed by atoms with Gasteiger partial charge in [0.05, 0.1) is 6.20 Å². The summed E-state index contributed by atoms with van der Waals surface area (Å²) in [6.45, 7) is 3.93. The number of hydrogen-bond acceptors (Lipinski definition) is 4. The predicted octanol–water partition coefficient (Wildman–Crippen LogP) is 1.65. The third-order valence-electron chi connectivity index (χ3n) is 7.14. The summed E-state index contributed by atoms with van der Waals surface area (Å²) in [6, 6.07) is 0.310. The molecule has 2 heterocycles. The van der Waals surface area contributed by atoms with Crippen LogP contribution in [0.3, 0.4) is 0 Å². The first-order chi connectivity index (χ1) is 12.6. The van der Waals surface area contributed by atoms with Crippen molar-refractivity contribution in [3.8, 4) is 0 Å². The van der Waals surface area contributed by atoms with Crippen LogP contribution in [0, 0.1) is 17.8 Å². The minimum atomic E-state index is 0.0565. The Hall–Kier alpha value is -1.82. The van der Waals surface area contributed by atoms with Gasteiger partial charge in [0.25, 0.3) is 5.91 Å². The molecule has 1 aromatic rings. The van der Waals surface area contributed by atoms with Crippen LogP contribution in [0.25, 0.3) is 0 Å². The second-order valence-corrected chi connectivity index (χ2v) is 8.70. The van der Waals surface area contributed by atoms with Crippen molar-refractivity contribution in [3.05, 3.63) is 23.4 Å². The van der Waals surface area contributed by atoms with E-state index in [9.17, 15) is 4.79 Å². The first-order valence-electron chi connectivity index (χ1n) is 10.1. The van der Waals surface area contributed by atoms with E-state index in [4.69, 9.17) is 0 Å². The van der Waals surface area contributed by atoms with Gasteiger partial charge in [0.15, 0.2) is 0 Å². The minimum Gasteiger partial charge on any atom is -0.354 e. The second kappa shape index (κ2) is 6.12. The van der Waals surface area contributed by atoms with Crippen LogP contribution >= 0.6 is 0 Å². The number of rotatable bonds is 3. The molecule has 140 valence electrons. The molecule has 0 spiro atoms. The number of aromatic nitrogens is 2. The summed E-state index contributed by atoms with van der Waals surface area (Å²) in [7, 11) is 4.09. The second-order valence-electron chi connectivity index (χ2n) is 8.70. The van der Waals surface area contributed by atoms with E-state index in [1.807, 2.05) is 11.7 Å². The van der Waals surface area contributed by atoms with E-state index in [1.54, 1.807) is 11.8 Å². The Morgan fingerprint density at radius 3 is 2.81 bits per heavy atom. The Bertz CT molecular complexity index is 745. The third kappa shape index (κ3) is 2.57. The molecule has 1 aliphatic heterocycles. The largest absolute Gasteiger partial charge is 0.354 e. The summed E-state index contributed by atoms with van der Waals surface area (Å²) < 4.78 is 1.86. The smallest absolute Gasteiger partial charge is 0.256 e. The average Bonchev–Trinajstić information content (AvgIpc) is 3.26.